The molecule has 4 heterocycles. The molecule has 1 aliphatic heterocycles. The smallest absolute Gasteiger partial charge is 0.284 e. The first-order valence-corrected chi connectivity index (χ1v) is 8.56. The summed E-state index contributed by atoms with van der Waals surface area (Å²) in [5.41, 5.74) is -0.558. The molecule has 0 aliphatic carbocycles. The Balaban J connectivity index is 1.60. The van der Waals surface area contributed by atoms with Gasteiger partial charge < -0.3 is 15.0 Å². The van der Waals surface area contributed by atoms with Gasteiger partial charge in [-0.1, -0.05) is 0 Å². The molecule has 1 fully saturated rings. The first-order valence-electron chi connectivity index (χ1n) is 8.56. The zero-order chi connectivity index (χ0) is 20.5. The van der Waals surface area contributed by atoms with Crippen LogP contribution in [0.25, 0.3) is 5.65 Å². The van der Waals surface area contributed by atoms with Gasteiger partial charge >= 0.3 is 0 Å². The minimum absolute atomic E-state index is 0.0342. The number of carbonyl (C=O) groups excluding carboxylic acids is 1. The number of anilines is 2. The van der Waals surface area contributed by atoms with Crippen molar-refractivity contribution in [2.45, 2.75) is 19.0 Å². The van der Waals surface area contributed by atoms with E-state index in [1.807, 2.05) is 0 Å². The fourth-order valence-electron chi connectivity index (χ4n) is 2.99. The zero-order valence-electron chi connectivity index (χ0n) is 14.7. The lowest BCUT2D eigenvalue weighted by molar-refractivity contribution is -0.0615. The molecule has 9 nitrogen and oxygen atoms in total. The van der Waals surface area contributed by atoms with Crippen molar-refractivity contribution < 1.29 is 27.1 Å². The van der Waals surface area contributed by atoms with Gasteiger partial charge in [-0.05, 0) is 6.07 Å². The number of rotatable bonds is 5. The van der Waals surface area contributed by atoms with E-state index in [2.05, 4.69) is 25.6 Å². The van der Waals surface area contributed by atoms with Crippen LogP contribution < -0.4 is 10.2 Å². The van der Waals surface area contributed by atoms with Crippen LogP contribution in [-0.2, 0) is 4.74 Å². The van der Waals surface area contributed by atoms with Crippen molar-refractivity contribution in [3.8, 4) is 0 Å². The van der Waals surface area contributed by atoms with E-state index in [4.69, 9.17) is 4.74 Å². The van der Waals surface area contributed by atoms with Gasteiger partial charge in [0, 0.05) is 18.9 Å². The Morgan fingerprint density at radius 2 is 2.17 bits per heavy atom. The number of alkyl halides is 4. The van der Waals surface area contributed by atoms with Crippen LogP contribution in [0, 0.1) is 0 Å². The minimum Gasteiger partial charge on any atom is -0.369 e. The summed E-state index contributed by atoms with van der Waals surface area (Å²) < 4.78 is 58.1. The molecule has 1 atom stereocenters. The van der Waals surface area contributed by atoms with Gasteiger partial charge in [0.1, 0.15) is 17.5 Å². The Labute approximate surface area is 160 Å². The van der Waals surface area contributed by atoms with Gasteiger partial charge in [0.2, 0.25) is 0 Å². The lowest BCUT2D eigenvalue weighted by Crippen LogP contribution is -2.46. The van der Waals surface area contributed by atoms with E-state index in [1.165, 1.54) is 16.9 Å². The fourth-order valence-corrected chi connectivity index (χ4v) is 2.99. The second-order valence-electron chi connectivity index (χ2n) is 6.24. The highest BCUT2D eigenvalue weighted by Crippen LogP contribution is 2.25. The number of amides is 1. The highest BCUT2D eigenvalue weighted by atomic mass is 19.3. The van der Waals surface area contributed by atoms with Crippen molar-refractivity contribution in [2.24, 2.45) is 0 Å². The van der Waals surface area contributed by atoms with Gasteiger partial charge in [-0.3, -0.25) is 9.89 Å². The van der Waals surface area contributed by atoms with Crippen LogP contribution >= 0.6 is 0 Å². The zero-order valence-corrected chi connectivity index (χ0v) is 14.7. The quantitative estimate of drug-likeness (QED) is 0.622. The Bertz CT molecular complexity index is 1020. The Kier molecular flexibility index (Phi) is 5.05. The normalized spacial score (nSPS) is 17.4. The molecule has 13 heteroatoms. The van der Waals surface area contributed by atoms with Crippen LogP contribution in [0.3, 0.4) is 0 Å². The molecule has 1 unspecified atom stereocenters. The number of carbonyl (C=O) groups is 1. The summed E-state index contributed by atoms with van der Waals surface area (Å²) in [6.45, 7) is 0.420. The maximum absolute atomic E-state index is 13.0. The summed E-state index contributed by atoms with van der Waals surface area (Å²) in [6.07, 6.45) is -2.81. The summed E-state index contributed by atoms with van der Waals surface area (Å²) in [7, 11) is 0. The average Bonchev–Trinajstić information content (AvgIpc) is 3.34. The predicted molar refractivity (Wildman–Crippen MR) is 92.4 cm³/mol. The molecule has 1 amide bonds. The average molecular weight is 413 g/mol. The molecule has 1 saturated heterocycles. The van der Waals surface area contributed by atoms with Crippen molar-refractivity contribution in [2.75, 3.05) is 29.9 Å². The number of fused-ring (bicyclic) bond motifs is 1. The van der Waals surface area contributed by atoms with Crippen LogP contribution in [0.2, 0.25) is 0 Å². The minimum atomic E-state index is -2.87. The summed E-state index contributed by atoms with van der Waals surface area (Å²) in [4.78, 5) is 18.5. The van der Waals surface area contributed by atoms with E-state index in [-0.39, 0.29) is 30.0 Å². The number of morpholine rings is 1. The van der Waals surface area contributed by atoms with E-state index >= 15 is 0 Å². The van der Waals surface area contributed by atoms with Crippen LogP contribution in [0.15, 0.2) is 24.7 Å². The van der Waals surface area contributed by atoms with Gasteiger partial charge in [-0.15, -0.1) is 0 Å². The first kappa shape index (κ1) is 19.1. The lowest BCUT2D eigenvalue weighted by atomic mass is 10.2. The predicted octanol–water partition coefficient (Wildman–Crippen LogP) is 2.11. The standard InChI is InChI=1S/C16H15F4N7O2/c17-13(18)10-7-26(3-4-29-10)11-1-2-27-15(24-11)8(5-22-27)16(28)23-9-6-21-25-12(9)14(19)20/h1-2,5-6,10,13-14H,3-4,7H2,(H,21,25)(H,23,28). The number of halogens is 4. The van der Waals surface area contributed by atoms with E-state index in [1.54, 1.807) is 11.0 Å². The number of hydrogen-bond acceptors (Lipinski definition) is 6. The molecule has 1 aliphatic rings. The monoisotopic (exact) mass is 413 g/mol. The SMILES string of the molecule is O=C(Nc1c[nH]nc1C(F)F)c1cnn2ccc(N3CCOC(C(F)F)C3)nc12. The molecular formula is C16H15F4N7O2. The summed E-state index contributed by atoms with van der Waals surface area (Å²) >= 11 is 0. The lowest BCUT2D eigenvalue weighted by Gasteiger charge is -2.33. The number of nitrogens with one attached hydrogen (secondary N) is 2. The van der Waals surface area contributed by atoms with E-state index < -0.39 is 30.6 Å². The second kappa shape index (κ2) is 7.66. The van der Waals surface area contributed by atoms with Crippen molar-refractivity contribution in [3.63, 3.8) is 0 Å². The Hall–Kier alpha value is -3.22. The molecule has 0 radical (unpaired) electrons. The molecule has 3 aromatic rings. The molecule has 0 saturated carbocycles. The molecule has 2 N–H and O–H groups in total. The number of hydrogen-bond donors (Lipinski definition) is 2. The Morgan fingerprint density at radius 1 is 1.34 bits per heavy atom. The van der Waals surface area contributed by atoms with Crippen molar-refractivity contribution in [1.29, 1.82) is 0 Å². The van der Waals surface area contributed by atoms with Crippen LogP contribution in [0.1, 0.15) is 22.5 Å². The van der Waals surface area contributed by atoms with Crippen molar-refractivity contribution in [3.05, 3.63) is 35.9 Å². The van der Waals surface area contributed by atoms with E-state index in [9.17, 15) is 22.4 Å². The summed E-state index contributed by atoms with van der Waals surface area (Å²) in [5.74, 6) is -0.335. The molecular weight excluding hydrogens is 398 g/mol. The third-order valence-corrected chi connectivity index (χ3v) is 4.42. The second-order valence-corrected chi connectivity index (χ2v) is 6.24. The molecule has 0 spiro atoms. The van der Waals surface area contributed by atoms with Gasteiger partial charge in [-0.25, -0.2) is 27.1 Å². The Morgan fingerprint density at radius 3 is 2.93 bits per heavy atom. The van der Waals surface area contributed by atoms with Gasteiger partial charge in [0.15, 0.2) is 11.3 Å². The maximum atomic E-state index is 13.0. The summed E-state index contributed by atoms with van der Waals surface area (Å²) in [5, 5.41) is 12.0. The van der Waals surface area contributed by atoms with Crippen molar-refractivity contribution >= 4 is 23.1 Å². The first-order chi connectivity index (χ1) is 13.9. The fraction of sp³-hybridized carbons (Fsp3) is 0.375. The largest absolute Gasteiger partial charge is 0.369 e. The molecule has 0 aromatic carbocycles. The summed E-state index contributed by atoms with van der Waals surface area (Å²) in [6, 6.07) is 1.58. The van der Waals surface area contributed by atoms with Crippen LogP contribution in [-0.4, -0.2) is 62.9 Å². The van der Waals surface area contributed by atoms with Gasteiger partial charge in [0.25, 0.3) is 18.8 Å². The molecule has 3 aromatic heterocycles. The van der Waals surface area contributed by atoms with Gasteiger partial charge in [-0.2, -0.15) is 10.2 Å². The highest BCUT2D eigenvalue weighted by Gasteiger charge is 2.29. The maximum Gasteiger partial charge on any atom is 0.284 e. The third-order valence-electron chi connectivity index (χ3n) is 4.42. The molecule has 0 bridgehead atoms. The van der Waals surface area contributed by atoms with E-state index in [0.717, 1.165) is 6.20 Å². The molecule has 29 heavy (non-hydrogen) atoms. The number of aromatic amines is 1. The van der Waals surface area contributed by atoms with Gasteiger partial charge in [0.05, 0.1) is 25.0 Å². The molecule has 4 rings (SSSR count). The number of aromatic nitrogens is 5. The number of H-pyrrole nitrogens is 1. The number of ether oxygens (including phenoxy) is 1. The molecule has 154 valence electrons. The van der Waals surface area contributed by atoms with Crippen LogP contribution in [0.5, 0.6) is 0 Å². The topological polar surface area (TPSA) is 100 Å². The third kappa shape index (κ3) is 3.72. The van der Waals surface area contributed by atoms with E-state index in [0.29, 0.717) is 12.4 Å². The van der Waals surface area contributed by atoms with Crippen LogP contribution in [0.4, 0.5) is 29.1 Å². The number of nitrogens with zero attached hydrogens (tertiary/aromatic N) is 5. The van der Waals surface area contributed by atoms with Crippen molar-refractivity contribution in [1.82, 2.24) is 24.8 Å². The highest BCUT2D eigenvalue weighted by molar-refractivity contribution is 6.08.